The van der Waals surface area contributed by atoms with E-state index in [1.54, 1.807) is 38.2 Å². The van der Waals surface area contributed by atoms with E-state index < -0.39 is 17.6 Å². The van der Waals surface area contributed by atoms with E-state index in [1.165, 1.54) is 4.90 Å². The average Bonchev–Trinajstić information content (AvgIpc) is 2.73. The summed E-state index contributed by atoms with van der Waals surface area (Å²) in [4.78, 5) is 39.6. The molecule has 7 heteroatoms. The molecule has 0 saturated carbocycles. The van der Waals surface area contributed by atoms with E-state index in [4.69, 9.17) is 9.47 Å². The van der Waals surface area contributed by atoms with Crippen LogP contribution >= 0.6 is 0 Å². The summed E-state index contributed by atoms with van der Waals surface area (Å²) in [7, 11) is 1.67. The van der Waals surface area contributed by atoms with Crippen LogP contribution in [0.4, 0.5) is 5.69 Å². The molecule has 1 N–H and O–H groups in total. The van der Waals surface area contributed by atoms with Gasteiger partial charge in [-0.2, -0.15) is 0 Å². The molecule has 0 radical (unpaired) electrons. The predicted molar refractivity (Wildman–Crippen MR) is 110 cm³/mol. The fourth-order valence-corrected chi connectivity index (χ4v) is 4.21. The van der Waals surface area contributed by atoms with Crippen LogP contribution in [0.1, 0.15) is 42.1 Å². The largest absolute Gasteiger partial charge is 0.468 e. The summed E-state index contributed by atoms with van der Waals surface area (Å²) < 4.78 is 11.1. The van der Waals surface area contributed by atoms with Gasteiger partial charge in [0.2, 0.25) is 11.8 Å². The number of hydrogen-bond donors (Lipinski definition) is 1. The number of piperidine rings is 1. The number of benzene rings is 2. The number of carbonyl (C=O) groups excluding carboxylic acids is 3. The first kappa shape index (κ1) is 19.9. The number of nitrogens with one attached hydrogen (secondary N) is 1. The second-order valence-electron chi connectivity index (χ2n) is 7.79. The fraction of sp³-hybridized carbons (Fsp3) is 0.348. The zero-order chi connectivity index (χ0) is 21.5. The summed E-state index contributed by atoms with van der Waals surface area (Å²) in [6, 6.07) is 14.0. The zero-order valence-corrected chi connectivity index (χ0v) is 17.2. The molecule has 0 aliphatic carbocycles. The van der Waals surface area contributed by atoms with Crippen LogP contribution in [0.15, 0.2) is 48.5 Å². The lowest BCUT2D eigenvalue weighted by Gasteiger charge is -2.51. The molecular weight excluding hydrogens is 384 g/mol. The molecule has 2 aliphatic rings. The fourth-order valence-electron chi connectivity index (χ4n) is 4.21. The number of hydrogen-bond acceptors (Lipinski definition) is 5. The van der Waals surface area contributed by atoms with E-state index in [2.05, 4.69) is 5.32 Å². The maximum atomic E-state index is 13.2. The Balaban J connectivity index is 1.59. The molecule has 3 atom stereocenters. The Morgan fingerprint density at radius 2 is 1.90 bits per heavy atom. The van der Waals surface area contributed by atoms with E-state index in [-0.39, 0.29) is 17.7 Å². The van der Waals surface area contributed by atoms with Crippen molar-refractivity contribution in [2.24, 2.45) is 5.92 Å². The van der Waals surface area contributed by atoms with Crippen LogP contribution in [0.25, 0.3) is 0 Å². The Labute approximate surface area is 175 Å². The zero-order valence-electron chi connectivity index (χ0n) is 17.2. The molecule has 0 spiro atoms. The Morgan fingerprint density at radius 1 is 1.20 bits per heavy atom. The van der Waals surface area contributed by atoms with Crippen molar-refractivity contribution >= 4 is 23.5 Å². The molecule has 30 heavy (non-hydrogen) atoms. The second kappa shape index (κ2) is 7.48. The number of likely N-dealkylation sites (tertiary alicyclic amines) is 1. The molecule has 2 aromatic carbocycles. The highest BCUT2D eigenvalue weighted by Crippen LogP contribution is 2.49. The molecule has 7 nitrogen and oxygen atoms in total. The summed E-state index contributed by atoms with van der Waals surface area (Å²) in [6.45, 7) is 3.90. The smallest absolute Gasteiger partial charge is 0.338 e. The van der Waals surface area contributed by atoms with Gasteiger partial charge < -0.3 is 19.7 Å². The number of carbonyl (C=O) groups is 3. The van der Waals surface area contributed by atoms with E-state index in [1.807, 2.05) is 31.2 Å². The number of amides is 2. The number of esters is 1. The summed E-state index contributed by atoms with van der Waals surface area (Å²) in [6.07, 6.45) is 0.534. The van der Waals surface area contributed by atoms with Gasteiger partial charge in [0.05, 0.1) is 12.2 Å². The summed E-state index contributed by atoms with van der Waals surface area (Å²) >= 11 is 0. The number of para-hydroxylation sites is 1. The highest BCUT2D eigenvalue weighted by Gasteiger charge is 2.54. The summed E-state index contributed by atoms with van der Waals surface area (Å²) in [5.74, 6) is -1.51. The van der Waals surface area contributed by atoms with Crippen molar-refractivity contribution in [2.75, 3.05) is 19.0 Å². The lowest BCUT2D eigenvalue weighted by atomic mass is 9.73. The Hall–Kier alpha value is -3.35. The SMILES string of the molecule is CCOC(=O)c1ccc(NC(=O)[C@H]2C(=O)N(C)[C@]3(C)C[C@@H]2c2ccccc2O3)cc1. The van der Waals surface area contributed by atoms with Crippen molar-refractivity contribution < 1.29 is 23.9 Å². The molecule has 2 heterocycles. The van der Waals surface area contributed by atoms with Gasteiger partial charge in [-0.15, -0.1) is 0 Å². The quantitative estimate of drug-likeness (QED) is 0.620. The van der Waals surface area contributed by atoms with Gasteiger partial charge in [-0.1, -0.05) is 18.2 Å². The van der Waals surface area contributed by atoms with Crippen LogP contribution in [0.2, 0.25) is 0 Å². The van der Waals surface area contributed by atoms with E-state index >= 15 is 0 Å². The maximum absolute atomic E-state index is 13.2. The van der Waals surface area contributed by atoms with Crippen molar-refractivity contribution in [3.05, 3.63) is 59.7 Å². The third-order valence-electron chi connectivity index (χ3n) is 5.90. The van der Waals surface area contributed by atoms with E-state index in [9.17, 15) is 14.4 Å². The van der Waals surface area contributed by atoms with Crippen molar-refractivity contribution in [1.82, 2.24) is 4.90 Å². The molecule has 1 fully saturated rings. The third-order valence-corrected chi connectivity index (χ3v) is 5.90. The van der Waals surface area contributed by atoms with Crippen molar-refractivity contribution in [2.45, 2.75) is 31.9 Å². The van der Waals surface area contributed by atoms with Gasteiger partial charge in [0.1, 0.15) is 11.7 Å². The number of anilines is 1. The highest BCUT2D eigenvalue weighted by atomic mass is 16.5. The molecule has 2 amide bonds. The first-order valence-electron chi connectivity index (χ1n) is 9.97. The minimum absolute atomic E-state index is 0.274. The van der Waals surface area contributed by atoms with Crippen molar-refractivity contribution in [3.63, 3.8) is 0 Å². The monoisotopic (exact) mass is 408 g/mol. The lowest BCUT2D eigenvalue weighted by Crippen LogP contribution is -2.62. The maximum Gasteiger partial charge on any atom is 0.338 e. The van der Waals surface area contributed by atoms with Crippen LogP contribution in [0, 0.1) is 5.92 Å². The lowest BCUT2D eigenvalue weighted by molar-refractivity contribution is -0.170. The van der Waals surface area contributed by atoms with Gasteiger partial charge in [-0.3, -0.25) is 9.59 Å². The predicted octanol–water partition coefficient (Wildman–Crippen LogP) is 3.17. The molecule has 0 unspecified atom stereocenters. The minimum Gasteiger partial charge on any atom is -0.468 e. The second-order valence-corrected chi connectivity index (χ2v) is 7.79. The summed E-state index contributed by atoms with van der Waals surface area (Å²) in [5.41, 5.74) is 0.998. The number of ether oxygens (including phenoxy) is 2. The van der Waals surface area contributed by atoms with Crippen LogP contribution in [0.5, 0.6) is 5.75 Å². The van der Waals surface area contributed by atoms with Gasteiger partial charge in [0.25, 0.3) is 0 Å². The Bertz CT molecular complexity index is 1000. The Morgan fingerprint density at radius 3 is 2.60 bits per heavy atom. The molecular formula is C23H24N2O5. The van der Waals surface area contributed by atoms with E-state index in [0.717, 1.165) is 5.56 Å². The van der Waals surface area contributed by atoms with Crippen LogP contribution in [-0.4, -0.2) is 42.1 Å². The molecule has 0 aromatic heterocycles. The van der Waals surface area contributed by atoms with Crippen molar-refractivity contribution in [1.29, 1.82) is 0 Å². The average molecular weight is 408 g/mol. The number of rotatable bonds is 4. The Kier molecular flexibility index (Phi) is 4.97. The molecule has 156 valence electrons. The molecule has 4 rings (SSSR count). The standard InChI is InChI=1S/C23H24N2O5/c1-4-29-22(28)14-9-11-15(12-10-14)24-20(26)19-17-13-23(2,25(3)21(19)27)30-18-8-6-5-7-16(17)18/h5-12,17,19H,4,13H2,1-3H3,(H,24,26)/t17-,19+,23+/m1/s1. The van der Waals surface area contributed by atoms with Gasteiger partial charge >= 0.3 is 5.97 Å². The molecule has 1 saturated heterocycles. The third kappa shape index (κ3) is 3.30. The van der Waals surface area contributed by atoms with Gasteiger partial charge in [-0.05, 0) is 49.7 Å². The number of nitrogens with zero attached hydrogens (tertiary/aromatic N) is 1. The van der Waals surface area contributed by atoms with Gasteiger partial charge in [0.15, 0.2) is 5.72 Å². The normalized spacial score (nSPS) is 24.5. The first-order valence-corrected chi connectivity index (χ1v) is 9.97. The van der Waals surface area contributed by atoms with E-state index in [0.29, 0.717) is 30.0 Å². The molecule has 2 aromatic rings. The minimum atomic E-state index is -0.863. The molecule has 2 aliphatic heterocycles. The van der Waals surface area contributed by atoms with Gasteiger partial charge in [-0.25, -0.2) is 4.79 Å². The van der Waals surface area contributed by atoms with Crippen LogP contribution in [0.3, 0.4) is 0 Å². The molecule has 2 bridgehead atoms. The van der Waals surface area contributed by atoms with Crippen LogP contribution in [-0.2, 0) is 14.3 Å². The first-order chi connectivity index (χ1) is 14.3. The van der Waals surface area contributed by atoms with Crippen LogP contribution < -0.4 is 10.1 Å². The van der Waals surface area contributed by atoms with Crippen molar-refractivity contribution in [3.8, 4) is 5.75 Å². The highest BCUT2D eigenvalue weighted by molar-refractivity contribution is 6.08. The summed E-state index contributed by atoms with van der Waals surface area (Å²) in [5, 5.41) is 2.83. The number of fused-ring (bicyclic) bond motifs is 4. The topological polar surface area (TPSA) is 84.9 Å². The van der Waals surface area contributed by atoms with Gasteiger partial charge in [0, 0.05) is 25.1 Å².